The highest BCUT2D eigenvalue weighted by atomic mass is 35.5. The highest BCUT2D eigenvalue weighted by Gasteiger charge is 2.40. The average Bonchev–Trinajstić information content (AvgIpc) is 2.68. The fourth-order valence-corrected chi connectivity index (χ4v) is 4.93. The summed E-state index contributed by atoms with van der Waals surface area (Å²) in [5, 5.41) is 3.63. The summed E-state index contributed by atoms with van der Waals surface area (Å²) in [6.07, 6.45) is 15.4. The fourth-order valence-electron chi connectivity index (χ4n) is 4.76. The standard InChI is InChI=1S/C24H36ClN3O/c1-17(2)22(27-15-20-7-5-6-13-26-20)23(29)28-14-12-21(24(3,4)16-28)18-8-10-19(25)11-9-18/h5-6,8-10,13,17,19-22,27H,7,11-12,14-16H2,1-4H3/t19?,20?,21?,22-/m1/s1. The summed E-state index contributed by atoms with van der Waals surface area (Å²) in [7, 11) is 0. The number of amides is 1. The molecule has 0 aromatic rings. The van der Waals surface area contributed by atoms with Crippen molar-refractivity contribution in [1.82, 2.24) is 10.2 Å². The summed E-state index contributed by atoms with van der Waals surface area (Å²) in [6, 6.07) is 0.0706. The quantitative estimate of drug-likeness (QED) is 0.652. The summed E-state index contributed by atoms with van der Waals surface area (Å²) in [5.74, 6) is 0.952. The number of dihydropyridines is 1. The van der Waals surface area contributed by atoms with Crippen LogP contribution in [0.15, 0.2) is 40.9 Å². The molecule has 0 saturated carbocycles. The van der Waals surface area contributed by atoms with Crippen LogP contribution in [0.3, 0.4) is 0 Å². The Morgan fingerprint density at radius 2 is 2.17 bits per heavy atom. The molecule has 160 valence electrons. The Kier molecular flexibility index (Phi) is 7.39. The Morgan fingerprint density at radius 3 is 2.76 bits per heavy atom. The molecule has 0 aromatic heterocycles. The fraction of sp³-hybridized carbons (Fsp3) is 0.667. The average molecular weight is 418 g/mol. The first-order chi connectivity index (χ1) is 13.8. The van der Waals surface area contributed by atoms with Gasteiger partial charge in [-0.25, -0.2) is 0 Å². The predicted octanol–water partition coefficient (Wildman–Crippen LogP) is 4.37. The number of aliphatic imine (C=N–C) groups is 1. The van der Waals surface area contributed by atoms with Crippen molar-refractivity contribution in [1.29, 1.82) is 0 Å². The van der Waals surface area contributed by atoms with Gasteiger partial charge in [-0.2, -0.15) is 0 Å². The highest BCUT2D eigenvalue weighted by Crippen LogP contribution is 2.41. The van der Waals surface area contributed by atoms with Crippen LogP contribution in [0.1, 0.15) is 47.0 Å². The molecule has 1 saturated heterocycles. The zero-order chi connectivity index (χ0) is 21.0. The van der Waals surface area contributed by atoms with E-state index in [1.54, 1.807) is 0 Å². The van der Waals surface area contributed by atoms with Crippen LogP contribution in [0, 0.1) is 17.3 Å². The van der Waals surface area contributed by atoms with Crippen LogP contribution in [0.25, 0.3) is 0 Å². The van der Waals surface area contributed by atoms with E-state index in [9.17, 15) is 4.79 Å². The van der Waals surface area contributed by atoms with Crippen LogP contribution in [0.4, 0.5) is 0 Å². The van der Waals surface area contributed by atoms with E-state index in [0.717, 1.165) is 38.9 Å². The van der Waals surface area contributed by atoms with Crippen LogP contribution >= 0.6 is 11.6 Å². The molecule has 5 heteroatoms. The molecule has 3 aliphatic rings. The van der Waals surface area contributed by atoms with Crippen molar-refractivity contribution in [2.24, 2.45) is 22.2 Å². The Labute approximate surface area is 181 Å². The van der Waals surface area contributed by atoms with Crippen LogP contribution in [0.2, 0.25) is 0 Å². The summed E-state index contributed by atoms with van der Waals surface area (Å²) < 4.78 is 0. The third kappa shape index (κ3) is 5.61. The summed E-state index contributed by atoms with van der Waals surface area (Å²) >= 11 is 6.20. The maximum atomic E-state index is 13.4. The molecule has 1 amide bonds. The van der Waals surface area contributed by atoms with Gasteiger partial charge >= 0.3 is 0 Å². The topological polar surface area (TPSA) is 44.7 Å². The third-order valence-corrected chi connectivity index (χ3v) is 6.78. The van der Waals surface area contributed by atoms with Gasteiger partial charge in [0.1, 0.15) is 0 Å². The number of alkyl halides is 1. The molecular weight excluding hydrogens is 382 g/mol. The van der Waals surface area contributed by atoms with Gasteiger partial charge in [0.05, 0.1) is 17.5 Å². The van der Waals surface area contributed by atoms with Gasteiger partial charge in [-0.05, 0) is 48.2 Å². The molecule has 0 radical (unpaired) electrons. The lowest BCUT2D eigenvalue weighted by atomic mass is 9.69. The van der Waals surface area contributed by atoms with E-state index in [4.69, 9.17) is 11.6 Å². The molecule has 3 unspecified atom stereocenters. The Morgan fingerprint density at radius 1 is 1.38 bits per heavy atom. The molecule has 1 N–H and O–H groups in total. The second kappa shape index (κ2) is 9.61. The Balaban J connectivity index is 1.62. The van der Waals surface area contributed by atoms with E-state index >= 15 is 0 Å². The van der Waals surface area contributed by atoms with Gasteiger partial charge in [0, 0.05) is 25.8 Å². The molecule has 0 bridgehead atoms. The maximum absolute atomic E-state index is 13.4. The molecule has 4 nitrogen and oxygen atoms in total. The van der Waals surface area contributed by atoms with Gasteiger partial charge in [0.2, 0.25) is 5.91 Å². The molecule has 1 aliphatic carbocycles. The maximum Gasteiger partial charge on any atom is 0.239 e. The van der Waals surface area contributed by atoms with Gasteiger partial charge in [0.15, 0.2) is 0 Å². The van der Waals surface area contributed by atoms with Gasteiger partial charge in [-0.3, -0.25) is 9.79 Å². The van der Waals surface area contributed by atoms with Gasteiger partial charge in [-0.15, -0.1) is 11.6 Å². The molecule has 0 spiro atoms. The van der Waals surface area contributed by atoms with Crippen LogP contribution in [-0.4, -0.2) is 54.1 Å². The number of piperidine rings is 1. The van der Waals surface area contributed by atoms with Gasteiger partial charge in [-0.1, -0.05) is 52.0 Å². The minimum absolute atomic E-state index is 0.0449. The second-order valence-electron chi connectivity index (χ2n) is 9.65. The van der Waals surface area contributed by atoms with Crippen molar-refractivity contribution in [2.45, 2.75) is 64.4 Å². The van der Waals surface area contributed by atoms with Crippen molar-refractivity contribution >= 4 is 23.7 Å². The number of halogens is 1. The summed E-state index contributed by atoms with van der Waals surface area (Å²) in [6.45, 7) is 11.2. The largest absolute Gasteiger partial charge is 0.341 e. The zero-order valence-corrected chi connectivity index (χ0v) is 19.0. The van der Waals surface area contributed by atoms with E-state index in [-0.39, 0.29) is 34.7 Å². The Hall–Kier alpha value is -1.39. The van der Waals surface area contributed by atoms with Crippen LogP contribution in [-0.2, 0) is 4.79 Å². The first kappa shape index (κ1) is 22.3. The zero-order valence-electron chi connectivity index (χ0n) is 18.3. The molecular formula is C24H36ClN3O. The number of nitrogens with one attached hydrogen (secondary N) is 1. The lowest BCUT2D eigenvalue weighted by Crippen LogP contribution is -2.56. The number of nitrogens with zero attached hydrogens (tertiary/aromatic N) is 2. The van der Waals surface area contributed by atoms with Gasteiger partial charge < -0.3 is 10.2 Å². The second-order valence-corrected chi connectivity index (χ2v) is 10.2. The van der Waals surface area contributed by atoms with Crippen molar-refractivity contribution in [3.05, 3.63) is 36.0 Å². The molecule has 1 fully saturated rings. The van der Waals surface area contributed by atoms with Gasteiger partial charge in [0.25, 0.3) is 0 Å². The number of hydrogen-bond donors (Lipinski definition) is 1. The predicted molar refractivity (Wildman–Crippen MR) is 123 cm³/mol. The molecule has 29 heavy (non-hydrogen) atoms. The SMILES string of the molecule is CC(C)[C@@H](NCC1CC=CC=N1)C(=O)N1CCC(C2=CCC(Cl)C=C2)C(C)(C)C1. The number of likely N-dealkylation sites (tertiary alicyclic amines) is 1. The monoisotopic (exact) mass is 417 g/mol. The lowest BCUT2D eigenvalue weighted by molar-refractivity contribution is -0.138. The highest BCUT2D eigenvalue weighted by molar-refractivity contribution is 6.22. The molecule has 3 rings (SSSR count). The van der Waals surface area contributed by atoms with Crippen molar-refractivity contribution < 1.29 is 4.79 Å². The van der Waals surface area contributed by atoms with E-state index in [2.05, 4.69) is 67.2 Å². The minimum Gasteiger partial charge on any atom is -0.341 e. The molecule has 0 aromatic carbocycles. The lowest BCUT2D eigenvalue weighted by Gasteiger charge is -2.46. The number of allylic oxidation sites excluding steroid dienone is 5. The van der Waals surface area contributed by atoms with E-state index in [1.807, 2.05) is 12.3 Å². The Bertz CT molecular complexity index is 707. The number of carbonyl (C=O) groups excluding carboxylic acids is 1. The van der Waals surface area contributed by atoms with E-state index in [1.165, 1.54) is 5.57 Å². The summed E-state index contributed by atoms with van der Waals surface area (Å²) in [5.41, 5.74) is 1.43. The first-order valence-electron chi connectivity index (χ1n) is 11.0. The number of rotatable bonds is 6. The summed E-state index contributed by atoms with van der Waals surface area (Å²) in [4.78, 5) is 20.0. The molecule has 2 aliphatic heterocycles. The normalized spacial score (nSPS) is 29.8. The van der Waals surface area contributed by atoms with Crippen molar-refractivity contribution in [2.75, 3.05) is 19.6 Å². The number of hydrogen-bond acceptors (Lipinski definition) is 3. The van der Waals surface area contributed by atoms with Crippen LogP contribution < -0.4 is 5.32 Å². The molecule has 4 atom stereocenters. The van der Waals surface area contributed by atoms with E-state index in [0.29, 0.717) is 5.92 Å². The minimum atomic E-state index is -0.158. The van der Waals surface area contributed by atoms with E-state index < -0.39 is 0 Å². The van der Waals surface area contributed by atoms with Crippen molar-refractivity contribution in [3.63, 3.8) is 0 Å². The third-order valence-electron chi connectivity index (χ3n) is 6.45. The van der Waals surface area contributed by atoms with Crippen molar-refractivity contribution in [3.8, 4) is 0 Å². The first-order valence-corrected chi connectivity index (χ1v) is 11.4. The number of carbonyl (C=O) groups is 1. The van der Waals surface area contributed by atoms with Crippen LogP contribution in [0.5, 0.6) is 0 Å². The smallest absolute Gasteiger partial charge is 0.239 e. The molecule has 2 heterocycles.